The van der Waals surface area contributed by atoms with Crippen LogP contribution < -0.4 is 9.64 Å². The first-order valence-corrected chi connectivity index (χ1v) is 11.0. The van der Waals surface area contributed by atoms with Crippen molar-refractivity contribution in [1.82, 2.24) is 0 Å². The Morgan fingerprint density at radius 1 is 1.03 bits per heavy atom. The van der Waals surface area contributed by atoms with Crippen LogP contribution in [0, 0.1) is 0 Å². The molecule has 0 aliphatic carbocycles. The molecule has 0 bridgehead atoms. The van der Waals surface area contributed by atoms with Crippen LogP contribution in [0.3, 0.4) is 0 Å². The summed E-state index contributed by atoms with van der Waals surface area (Å²) in [6, 6.07) is 18.5. The number of rotatable bonds is 6. The Labute approximate surface area is 184 Å². The van der Waals surface area contributed by atoms with Crippen LogP contribution in [0.4, 0.5) is 10.5 Å². The number of unbranched alkanes of at least 4 members (excludes halogenated alkanes) is 1. The number of carbonyl (C=O) groups excluding carboxylic acids is 2. The van der Waals surface area contributed by atoms with E-state index >= 15 is 0 Å². The molecule has 1 fully saturated rings. The number of nitrogens with zero attached hydrogens (tertiary/aromatic N) is 1. The zero-order chi connectivity index (χ0) is 21.1. The van der Waals surface area contributed by atoms with Crippen LogP contribution in [-0.4, -0.2) is 17.8 Å². The highest BCUT2D eigenvalue weighted by Crippen LogP contribution is 2.39. The van der Waals surface area contributed by atoms with Crippen molar-refractivity contribution in [2.45, 2.75) is 19.8 Å². The number of hydrogen-bond acceptors (Lipinski definition) is 4. The third kappa shape index (κ3) is 4.09. The fourth-order valence-corrected chi connectivity index (χ4v) is 4.24. The molecule has 3 aromatic rings. The van der Waals surface area contributed by atoms with Gasteiger partial charge in [0, 0.05) is 10.6 Å². The van der Waals surface area contributed by atoms with Gasteiger partial charge in [-0.2, -0.15) is 0 Å². The maximum Gasteiger partial charge on any atom is 0.298 e. The van der Waals surface area contributed by atoms with E-state index in [-0.39, 0.29) is 11.1 Å². The summed E-state index contributed by atoms with van der Waals surface area (Å²) >= 11 is 6.86. The third-order valence-corrected chi connectivity index (χ3v) is 5.96. The van der Waals surface area contributed by atoms with E-state index in [9.17, 15) is 9.59 Å². The van der Waals surface area contributed by atoms with Crippen molar-refractivity contribution >= 4 is 57.0 Å². The standard InChI is InChI=1S/C24H20ClNO3S/c1-2-3-14-29-21-13-8-16-6-4-5-7-19(16)20(21)15-22-23(27)26(24(28)30-22)18-11-9-17(25)10-12-18/h4-13,15H,2-3,14H2,1H3/b22-15+. The molecular weight excluding hydrogens is 418 g/mol. The molecule has 0 atom stereocenters. The number of carbonyl (C=O) groups is 2. The molecule has 0 aromatic heterocycles. The van der Waals surface area contributed by atoms with Gasteiger partial charge in [-0.25, -0.2) is 4.90 Å². The number of anilines is 1. The molecule has 2 amide bonds. The van der Waals surface area contributed by atoms with Crippen molar-refractivity contribution in [2.24, 2.45) is 0 Å². The lowest BCUT2D eigenvalue weighted by atomic mass is 10.0. The van der Waals surface area contributed by atoms with Crippen molar-refractivity contribution in [2.75, 3.05) is 11.5 Å². The lowest BCUT2D eigenvalue weighted by molar-refractivity contribution is -0.113. The quantitative estimate of drug-likeness (QED) is 0.310. The summed E-state index contributed by atoms with van der Waals surface area (Å²) in [7, 11) is 0. The Balaban J connectivity index is 1.75. The van der Waals surface area contributed by atoms with E-state index in [1.807, 2.05) is 36.4 Å². The van der Waals surface area contributed by atoms with E-state index in [1.165, 1.54) is 4.90 Å². The molecule has 6 heteroatoms. The summed E-state index contributed by atoms with van der Waals surface area (Å²) < 4.78 is 6.00. The van der Waals surface area contributed by atoms with Crippen molar-refractivity contribution < 1.29 is 14.3 Å². The van der Waals surface area contributed by atoms with E-state index in [2.05, 4.69) is 6.92 Å². The molecule has 0 radical (unpaired) electrons. The molecular formula is C24H20ClNO3S. The van der Waals surface area contributed by atoms with Gasteiger partial charge in [-0.15, -0.1) is 0 Å². The Morgan fingerprint density at radius 2 is 1.80 bits per heavy atom. The molecule has 4 nitrogen and oxygen atoms in total. The number of amides is 2. The first-order valence-electron chi connectivity index (χ1n) is 9.76. The van der Waals surface area contributed by atoms with Gasteiger partial charge < -0.3 is 4.74 Å². The second kappa shape index (κ2) is 8.94. The molecule has 4 rings (SSSR count). The summed E-state index contributed by atoms with van der Waals surface area (Å²) in [6.07, 6.45) is 3.74. The number of ether oxygens (including phenoxy) is 1. The van der Waals surface area contributed by atoms with Crippen LogP contribution in [0.5, 0.6) is 5.75 Å². The summed E-state index contributed by atoms with van der Waals surface area (Å²) in [5, 5.41) is 2.24. The molecule has 0 unspecified atom stereocenters. The second-order valence-corrected chi connectivity index (χ2v) is 8.32. The molecule has 1 saturated heterocycles. The van der Waals surface area contributed by atoms with Gasteiger partial charge in [0.25, 0.3) is 11.1 Å². The average Bonchev–Trinajstić information content (AvgIpc) is 3.03. The molecule has 0 spiro atoms. The Hall–Kier alpha value is -2.76. The molecule has 0 saturated carbocycles. The summed E-state index contributed by atoms with van der Waals surface area (Å²) in [5.41, 5.74) is 1.31. The van der Waals surface area contributed by atoms with E-state index in [0.717, 1.165) is 40.9 Å². The molecule has 1 aliphatic heterocycles. The molecule has 1 heterocycles. The Morgan fingerprint density at radius 3 is 2.57 bits per heavy atom. The summed E-state index contributed by atoms with van der Waals surface area (Å²) in [5.74, 6) is 0.361. The summed E-state index contributed by atoms with van der Waals surface area (Å²) in [4.78, 5) is 27.2. The smallest absolute Gasteiger partial charge is 0.298 e. The van der Waals surface area contributed by atoms with Crippen molar-refractivity contribution in [1.29, 1.82) is 0 Å². The normalized spacial score (nSPS) is 15.4. The minimum absolute atomic E-state index is 0.331. The second-order valence-electron chi connectivity index (χ2n) is 6.89. The van der Waals surface area contributed by atoms with Gasteiger partial charge in [-0.05, 0) is 65.4 Å². The van der Waals surface area contributed by atoms with Crippen molar-refractivity contribution in [3.63, 3.8) is 0 Å². The molecule has 30 heavy (non-hydrogen) atoms. The van der Waals surface area contributed by atoms with E-state index < -0.39 is 0 Å². The fraction of sp³-hybridized carbons (Fsp3) is 0.167. The van der Waals surface area contributed by atoms with Gasteiger partial charge >= 0.3 is 0 Å². The maximum atomic E-state index is 13.1. The largest absolute Gasteiger partial charge is 0.493 e. The van der Waals surface area contributed by atoms with Crippen LogP contribution in [0.25, 0.3) is 16.8 Å². The third-order valence-electron chi connectivity index (χ3n) is 4.84. The number of fused-ring (bicyclic) bond motifs is 1. The van der Waals surface area contributed by atoms with Crippen molar-refractivity contribution in [3.8, 4) is 5.75 Å². The van der Waals surface area contributed by atoms with Gasteiger partial charge in [-0.1, -0.05) is 55.3 Å². The van der Waals surface area contributed by atoms with E-state index in [4.69, 9.17) is 16.3 Å². The SMILES string of the molecule is CCCCOc1ccc2ccccc2c1/C=C1/SC(=O)N(c2ccc(Cl)cc2)C1=O. The van der Waals surface area contributed by atoms with Gasteiger partial charge in [0.05, 0.1) is 17.2 Å². The molecule has 1 aliphatic rings. The Bertz CT molecular complexity index is 1140. The topological polar surface area (TPSA) is 46.6 Å². The highest BCUT2D eigenvalue weighted by Gasteiger charge is 2.36. The summed E-state index contributed by atoms with van der Waals surface area (Å²) in [6.45, 7) is 2.71. The van der Waals surface area contributed by atoms with Gasteiger partial charge in [0.2, 0.25) is 0 Å². The molecule has 0 N–H and O–H groups in total. The predicted octanol–water partition coefficient (Wildman–Crippen LogP) is 6.91. The van der Waals surface area contributed by atoms with E-state index in [1.54, 1.807) is 30.3 Å². The van der Waals surface area contributed by atoms with Crippen LogP contribution in [0.1, 0.15) is 25.3 Å². The monoisotopic (exact) mass is 437 g/mol. The lowest BCUT2D eigenvalue weighted by Gasteiger charge is -2.13. The van der Waals surface area contributed by atoms with Crippen LogP contribution in [-0.2, 0) is 4.79 Å². The number of benzene rings is 3. The van der Waals surface area contributed by atoms with Crippen molar-refractivity contribution in [3.05, 3.63) is 76.2 Å². The Kier molecular flexibility index (Phi) is 6.11. The van der Waals surface area contributed by atoms with Gasteiger partial charge in [-0.3, -0.25) is 9.59 Å². The number of imide groups is 1. The van der Waals surface area contributed by atoms with Crippen LogP contribution in [0.2, 0.25) is 5.02 Å². The number of thioether (sulfide) groups is 1. The van der Waals surface area contributed by atoms with E-state index in [0.29, 0.717) is 28.0 Å². The van der Waals surface area contributed by atoms with Crippen LogP contribution in [0.15, 0.2) is 65.6 Å². The molecule has 3 aromatic carbocycles. The minimum Gasteiger partial charge on any atom is -0.493 e. The zero-order valence-electron chi connectivity index (χ0n) is 16.4. The zero-order valence-corrected chi connectivity index (χ0v) is 18.0. The highest BCUT2D eigenvalue weighted by atomic mass is 35.5. The first-order chi connectivity index (χ1) is 14.6. The lowest BCUT2D eigenvalue weighted by Crippen LogP contribution is -2.27. The first kappa shape index (κ1) is 20.5. The van der Waals surface area contributed by atoms with Gasteiger partial charge in [0.15, 0.2) is 0 Å². The number of hydrogen-bond donors (Lipinski definition) is 0. The minimum atomic E-state index is -0.347. The average molecular weight is 438 g/mol. The predicted molar refractivity (Wildman–Crippen MR) is 124 cm³/mol. The molecule has 152 valence electrons. The highest BCUT2D eigenvalue weighted by molar-refractivity contribution is 8.19. The van der Waals surface area contributed by atoms with Crippen LogP contribution >= 0.6 is 23.4 Å². The maximum absolute atomic E-state index is 13.1. The van der Waals surface area contributed by atoms with Gasteiger partial charge in [0.1, 0.15) is 5.75 Å². The number of halogens is 1. The fourth-order valence-electron chi connectivity index (χ4n) is 3.29.